The Hall–Kier alpha value is -1.75. The van der Waals surface area contributed by atoms with E-state index in [1.54, 1.807) is 19.2 Å². The summed E-state index contributed by atoms with van der Waals surface area (Å²) in [5.74, 6) is -0.966. The minimum atomic E-state index is -0.966. The van der Waals surface area contributed by atoms with Gasteiger partial charge >= 0.3 is 5.97 Å². The van der Waals surface area contributed by atoms with Crippen molar-refractivity contribution in [1.82, 2.24) is 0 Å². The summed E-state index contributed by atoms with van der Waals surface area (Å²) >= 11 is 0. The number of methoxy groups -OCH3 is 1. The third-order valence-corrected chi connectivity index (χ3v) is 3.09. The van der Waals surface area contributed by atoms with E-state index in [2.05, 4.69) is 5.32 Å². The number of nitrogens with two attached hydrogens (primary N) is 1. The van der Waals surface area contributed by atoms with E-state index in [4.69, 9.17) is 15.6 Å². The van der Waals surface area contributed by atoms with Crippen LogP contribution in [0, 0.1) is 0 Å². The molecule has 0 bridgehead atoms. The molecule has 1 aromatic carbocycles. The molecule has 0 saturated heterocycles. The van der Waals surface area contributed by atoms with E-state index in [1.807, 2.05) is 0 Å². The average Bonchev–Trinajstić information content (AvgIpc) is 2.24. The molecule has 2 rings (SSSR count). The highest BCUT2D eigenvalue weighted by Gasteiger charge is 2.29. The van der Waals surface area contributed by atoms with Crippen LogP contribution in [0.25, 0.3) is 0 Å². The van der Waals surface area contributed by atoms with Crippen molar-refractivity contribution >= 4 is 17.3 Å². The Bertz CT molecular complexity index is 428. The molecule has 0 amide bonds. The second kappa shape index (κ2) is 4.63. The molecule has 0 spiro atoms. The molecule has 1 fully saturated rings. The number of anilines is 2. The summed E-state index contributed by atoms with van der Waals surface area (Å²) in [6.45, 7) is 0. The normalized spacial score (nSPS) is 22.9. The van der Waals surface area contributed by atoms with E-state index >= 15 is 0 Å². The predicted molar refractivity (Wildman–Crippen MR) is 65.3 cm³/mol. The number of hydrogen-bond acceptors (Lipinski definition) is 4. The fourth-order valence-electron chi connectivity index (χ4n) is 1.92. The highest BCUT2D eigenvalue weighted by Crippen LogP contribution is 2.29. The molecular formula is C12H16N2O3. The van der Waals surface area contributed by atoms with Gasteiger partial charge in [-0.15, -0.1) is 0 Å². The van der Waals surface area contributed by atoms with Crippen LogP contribution >= 0.6 is 0 Å². The minimum absolute atomic E-state index is 0.205. The standard InChI is InChI=1S/C12H16N2O3/c1-17-9-5-8(6-9)14-11-3-2-7(12(15)16)4-10(11)13/h2-4,8-9,14H,5-6,13H2,1H3,(H,15,16). The molecule has 0 unspecified atom stereocenters. The fourth-order valence-corrected chi connectivity index (χ4v) is 1.92. The lowest BCUT2D eigenvalue weighted by Crippen LogP contribution is -2.40. The lowest BCUT2D eigenvalue weighted by Gasteiger charge is -2.35. The van der Waals surface area contributed by atoms with Gasteiger partial charge in [-0.2, -0.15) is 0 Å². The van der Waals surface area contributed by atoms with Crippen LogP contribution in [-0.2, 0) is 4.74 Å². The zero-order valence-electron chi connectivity index (χ0n) is 9.64. The number of carboxylic acid groups (broad SMARTS) is 1. The van der Waals surface area contributed by atoms with Crippen molar-refractivity contribution in [3.05, 3.63) is 23.8 Å². The summed E-state index contributed by atoms with van der Waals surface area (Å²) in [5, 5.41) is 12.1. The molecule has 0 heterocycles. The number of nitrogen functional groups attached to an aromatic ring is 1. The van der Waals surface area contributed by atoms with Gasteiger partial charge in [0.2, 0.25) is 0 Å². The topological polar surface area (TPSA) is 84.6 Å². The second-order valence-corrected chi connectivity index (χ2v) is 4.28. The van der Waals surface area contributed by atoms with Crippen LogP contribution in [0.1, 0.15) is 23.2 Å². The Morgan fingerprint density at radius 2 is 2.24 bits per heavy atom. The quantitative estimate of drug-likeness (QED) is 0.691. The van der Waals surface area contributed by atoms with Crippen LogP contribution in [0.15, 0.2) is 18.2 Å². The van der Waals surface area contributed by atoms with Crippen molar-refractivity contribution in [2.75, 3.05) is 18.2 Å². The maximum absolute atomic E-state index is 10.7. The van der Waals surface area contributed by atoms with Gasteiger partial charge in [-0.25, -0.2) is 4.79 Å². The number of carboxylic acids is 1. The number of benzene rings is 1. The van der Waals surface area contributed by atoms with Crippen molar-refractivity contribution in [3.8, 4) is 0 Å². The third-order valence-electron chi connectivity index (χ3n) is 3.09. The van der Waals surface area contributed by atoms with Gasteiger partial charge in [-0.3, -0.25) is 0 Å². The van der Waals surface area contributed by atoms with E-state index < -0.39 is 5.97 Å². The molecule has 1 saturated carbocycles. The average molecular weight is 236 g/mol. The first-order valence-corrected chi connectivity index (χ1v) is 5.52. The van der Waals surface area contributed by atoms with Crippen LogP contribution in [0.5, 0.6) is 0 Å². The Morgan fingerprint density at radius 1 is 1.53 bits per heavy atom. The molecule has 92 valence electrons. The molecule has 17 heavy (non-hydrogen) atoms. The highest BCUT2D eigenvalue weighted by molar-refractivity contribution is 5.90. The van der Waals surface area contributed by atoms with Gasteiger partial charge in [0.25, 0.3) is 0 Å². The highest BCUT2D eigenvalue weighted by atomic mass is 16.5. The van der Waals surface area contributed by atoms with Crippen LogP contribution in [0.3, 0.4) is 0 Å². The fraction of sp³-hybridized carbons (Fsp3) is 0.417. The van der Waals surface area contributed by atoms with Crippen LogP contribution in [0.4, 0.5) is 11.4 Å². The van der Waals surface area contributed by atoms with Crippen molar-refractivity contribution in [2.24, 2.45) is 0 Å². The number of ether oxygens (including phenoxy) is 1. The van der Waals surface area contributed by atoms with Gasteiger partial charge in [0.1, 0.15) is 0 Å². The Morgan fingerprint density at radius 3 is 2.76 bits per heavy atom. The summed E-state index contributed by atoms with van der Waals surface area (Å²) in [6, 6.07) is 5.08. The molecule has 4 N–H and O–H groups in total. The van der Waals surface area contributed by atoms with Crippen LogP contribution in [0.2, 0.25) is 0 Å². The first-order chi connectivity index (χ1) is 8.10. The molecule has 1 aliphatic carbocycles. The summed E-state index contributed by atoms with van der Waals surface area (Å²) in [7, 11) is 1.71. The maximum Gasteiger partial charge on any atom is 0.335 e. The van der Waals surface area contributed by atoms with E-state index in [-0.39, 0.29) is 5.56 Å². The van der Waals surface area contributed by atoms with Crippen LogP contribution in [-0.4, -0.2) is 30.3 Å². The van der Waals surface area contributed by atoms with Gasteiger partial charge in [-0.05, 0) is 31.0 Å². The lowest BCUT2D eigenvalue weighted by molar-refractivity contribution is 0.0329. The number of hydrogen-bond donors (Lipinski definition) is 3. The maximum atomic E-state index is 10.7. The molecular weight excluding hydrogens is 220 g/mol. The smallest absolute Gasteiger partial charge is 0.335 e. The van der Waals surface area contributed by atoms with E-state index in [0.29, 0.717) is 17.8 Å². The third kappa shape index (κ3) is 2.50. The molecule has 0 aromatic heterocycles. The van der Waals surface area contributed by atoms with Gasteiger partial charge in [0.05, 0.1) is 23.0 Å². The van der Waals surface area contributed by atoms with E-state index in [0.717, 1.165) is 18.5 Å². The number of aromatic carboxylic acids is 1. The van der Waals surface area contributed by atoms with Crippen LogP contribution < -0.4 is 11.1 Å². The first kappa shape index (κ1) is 11.7. The van der Waals surface area contributed by atoms with Crippen molar-refractivity contribution < 1.29 is 14.6 Å². The molecule has 0 aliphatic heterocycles. The largest absolute Gasteiger partial charge is 0.478 e. The molecule has 5 heteroatoms. The van der Waals surface area contributed by atoms with Gasteiger partial charge in [0, 0.05) is 13.2 Å². The van der Waals surface area contributed by atoms with Crippen molar-refractivity contribution in [2.45, 2.75) is 25.0 Å². The summed E-state index contributed by atoms with van der Waals surface area (Å²) in [5.41, 5.74) is 7.25. The Labute approximate surface area is 99.6 Å². The minimum Gasteiger partial charge on any atom is -0.478 e. The van der Waals surface area contributed by atoms with Gasteiger partial charge in [0.15, 0.2) is 0 Å². The molecule has 0 atom stereocenters. The lowest BCUT2D eigenvalue weighted by atomic mass is 9.89. The summed E-state index contributed by atoms with van der Waals surface area (Å²) in [6.07, 6.45) is 2.24. The molecule has 5 nitrogen and oxygen atoms in total. The number of carbonyl (C=O) groups is 1. The van der Waals surface area contributed by atoms with E-state index in [1.165, 1.54) is 6.07 Å². The van der Waals surface area contributed by atoms with Gasteiger partial charge in [-0.1, -0.05) is 0 Å². The predicted octanol–water partition coefficient (Wildman–Crippen LogP) is 1.56. The first-order valence-electron chi connectivity index (χ1n) is 5.52. The second-order valence-electron chi connectivity index (χ2n) is 4.28. The zero-order valence-corrected chi connectivity index (χ0v) is 9.64. The van der Waals surface area contributed by atoms with Gasteiger partial charge < -0.3 is 20.9 Å². The Kier molecular flexibility index (Phi) is 3.19. The Balaban J connectivity index is 2.00. The summed E-state index contributed by atoms with van der Waals surface area (Å²) in [4.78, 5) is 10.7. The SMILES string of the molecule is COC1CC(Nc2ccc(C(=O)O)cc2N)C1. The zero-order chi connectivity index (χ0) is 12.4. The van der Waals surface area contributed by atoms with Crippen molar-refractivity contribution in [3.63, 3.8) is 0 Å². The monoisotopic (exact) mass is 236 g/mol. The van der Waals surface area contributed by atoms with Crippen molar-refractivity contribution in [1.29, 1.82) is 0 Å². The molecule has 1 aromatic rings. The molecule has 0 radical (unpaired) electrons. The van der Waals surface area contributed by atoms with E-state index in [9.17, 15) is 4.79 Å². The molecule has 1 aliphatic rings. The summed E-state index contributed by atoms with van der Waals surface area (Å²) < 4.78 is 5.19. The number of nitrogens with one attached hydrogen (secondary N) is 1. The number of rotatable bonds is 4.